The molecule has 1 unspecified atom stereocenters. The van der Waals surface area contributed by atoms with Crippen molar-refractivity contribution in [2.75, 3.05) is 32.1 Å². The molecule has 1 aromatic rings. The zero-order valence-corrected chi connectivity index (χ0v) is 11.8. The highest BCUT2D eigenvalue weighted by atomic mass is 16.1. The Morgan fingerprint density at radius 1 is 1.56 bits per heavy atom. The molecule has 0 fully saturated rings. The first-order valence-electron chi connectivity index (χ1n) is 6.51. The zero-order valence-electron chi connectivity index (χ0n) is 11.8. The van der Waals surface area contributed by atoms with Crippen LogP contribution in [0.5, 0.6) is 0 Å². The summed E-state index contributed by atoms with van der Waals surface area (Å²) in [6, 6.07) is 1.66. The molecule has 1 aromatic heterocycles. The summed E-state index contributed by atoms with van der Waals surface area (Å²) in [5.74, 6) is 0.388. The van der Waals surface area contributed by atoms with Crippen molar-refractivity contribution in [3.05, 3.63) is 22.6 Å². The fourth-order valence-electron chi connectivity index (χ4n) is 1.94. The second kappa shape index (κ2) is 7.16. The van der Waals surface area contributed by atoms with Crippen molar-refractivity contribution in [2.45, 2.75) is 26.8 Å². The van der Waals surface area contributed by atoms with Gasteiger partial charge in [0.25, 0.3) is 5.56 Å². The summed E-state index contributed by atoms with van der Waals surface area (Å²) < 4.78 is 1.53. The van der Waals surface area contributed by atoms with Crippen LogP contribution in [0.15, 0.2) is 17.1 Å². The molecule has 0 bridgehead atoms. The summed E-state index contributed by atoms with van der Waals surface area (Å²) in [6.45, 7) is 6.68. The lowest BCUT2D eigenvalue weighted by molar-refractivity contribution is 0.421. The van der Waals surface area contributed by atoms with Crippen LogP contribution in [0.1, 0.15) is 20.3 Å². The summed E-state index contributed by atoms with van der Waals surface area (Å²) in [5, 5.41) is 7.34. The first kappa shape index (κ1) is 14.7. The predicted octanol–water partition coefficient (Wildman–Crippen LogP) is 0.945. The fraction of sp³-hybridized carbons (Fsp3) is 0.692. The average Bonchev–Trinajstić information content (AvgIpc) is 2.32. The van der Waals surface area contributed by atoms with Crippen LogP contribution in [-0.2, 0) is 6.54 Å². The first-order valence-corrected chi connectivity index (χ1v) is 6.51. The molecule has 5 nitrogen and oxygen atoms in total. The Morgan fingerprint density at radius 3 is 2.83 bits per heavy atom. The summed E-state index contributed by atoms with van der Waals surface area (Å²) in [7, 11) is 3.89. The average molecular weight is 252 g/mol. The van der Waals surface area contributed by atoms with E-state index in [-0.39, 0.29) is 5.56 Å². The van der Waals surface area contributed by atoms with E-state index in [2.05, 4.69) is 29.2 Å². The third-order valence-electron chi connectivity index (χ3n) is 2.89. The number of hydrogen-bond donors (Lipinski definition) is 1. The van der Waals surface area contributed by atoms with Crippen LogP contribution in [0.3, 0.4) is 0 Å². The molecule has 0 saturated carbocycles. The van der Waals surface area contributed by atoms with Gasteiger partial charge in [0.15, 0.2) is 0 Å². The van der Waals surface area contributed by atoms with Crippen molar-refractivity contribution in [3.8, 4) is 0 Å². The van der Waals surface area contributed by atoms with E-state index in [1.165, 1.54) is 4.68 Å². The standard InChI is InChI=1S/C13H24N4O/c1-5-6-16(4)12-7-13(18)17(15-9-12)10-11(2)8-14-3/h7,9,11,14H,5-6,8,10H2,1-4H3. The van der Waals surface area contributed by atoms with Crippen LogP contribution in [-0.4, -0.2) is 37.0 Å². The van der Waals surface area contributed by atoms with E-state index in [0.717, 1.165) is 25.2 Å². The molecule has 0 spiro atoms. The molecular formula is C13H24N4O. The van der Waals surface area contributed by atoms with Gasteiger partial charge in [-0.05, 0) is 25.9 Å². The van der Waals surface area contributed by atoms with Gasteiger partial charge in [-0.2, -0.15) is 5.10 Å². The molecule has 0 saturated heterocycles. The van der Waals surface area contributed by atoms with Gasteiger partial charge in [-0.3, -0.25) is 4.79 Å². The second-order valence-electron chi connectivity index (χ2n) is 4.82. The molecule has 1 N–H and O–H groups in total. The predicted molar refractivity (Wildman–Crippen MR) is 75.1 cm³/mol. The lowest BCUT2D eigenvalue weighted by Crippen LogP contribution is -2.30. The summed E-state index contributed by atoms with van der Waals surface area (Å²) in [4.78, 5) is 14.0. The molecule has 0 amide bonds. The number of nitrogens with one attached hydrogen (secondary N) is 1. The monoisotopic (exact) mass is 252 g/mol. The Balaban J connectivity index is 2.76. The SMILES string of the molecule is CCCN(C)c1cnn(CC(C)CNC)c(=O)c1. The molecule has 1 rings (SSSR count). The molecule has 102 valence electrons. The number of nitrogens with zero attached hydrogens (tertiary/aromatic N) is 3. The minimum absolute atomic E-state index is 0.0293. The van der Waals surface area contributed by atoms with Crippen LogP contribution in [0.2, 0.25) is 0 Å². The second-order valence-corrected chi connectivity index (χ2v) is 4.82. The van der Waals surface area contributed by atoms with Gasteiger partial charge in [0.05, 0.1) is 11.9 Å². The van der Waals surface area contributed by atoms with Crippen molar-refractivity contribution in [1.82, 2.24) is 15.1 Å². The maximum Gasteiger partial charge on any atom is 0.268 e. The van der Waals surface area contributed by atoms with Crippen molar-refractivity contribution < 1.29 is 0 Å². The quantitative estimate of drug-likeness (QED) is 0.785. The van der Waals surface area contributed by atoms with Crippen LogP contribution >= 0.6 is 0 Å². The normalized spacial score (nSPS) is 12.4. The maximum atomic E-state index is 11.9. The molecule has 5 heteroatoms. The van der Waals surface area contributed by atoms with Crippen molar-refractivity contribution in [1.29, 1.82) is 0 Å². The molecular weight excluding hydrogens is 228 g/mol. The Hall–Kier alpha value is -1.36. The van der Waals surface area contributed by atoms with Crippen LogP contribution < -0.4 is 15.8 Å². The molecule has 0 radical (unpaired) electrons. The van der Waals surface area contributed by atoms with Gasteiger partial charge in [-0.25, -0.2) is 4.68 Å². The fourth-order valence-corrected chi connectivity index (χ4v) is 1.94. The minimum Gasteiger partial charge on any atom is -0.373 e. The smallest absolute Gasteiger partial charge is 0.268 e. The van der Waals surface area contributed by atoms with Gasteiger partial charge >= 0.3 is 0 Å². The number of anilines is 1. The van der Waals surface area contributed by atoms with E-state index in [1.54, 1.807) is 12.3 Å². The highest BCUT2D eigenvalue weighted by Crippen LogP contribution is 2.07. The van der Waals surface area contributed by atoms with E-state index in [0.29, 0.717) is 12.5 Å². The zero-order chi connectivity index (χ0) is 13.5. The van der Waals surface area contributed by atoms with Gasteiger partial charge < -0.3 is 10.2 Å². The lowest BCUT2D eigenvalue weighted by Gasteiger charge is -2.18. The largest absolute Gasteiger partial charge is 0.373 e. The lowest BCUT2D eigenvalue weighted by atomic mass is 10.2. The van der Waals surface area contributed by atoms with E-state index < -0.39 is 0 Å². The summed E-state index contributed by atoms with van der Waals surface area (Å²) in [5.41, 5.74) is 0.859. The Labute approximate surface area is 109 Å². The van der Waals surface area contributed by atoms with Gasteiger partial charge in [-0.1, -0.05) is 13.8 Å². The third kappa shape index (κ3) is 4.14. The Morgan fingerprint density at radius 2 is 2.28 bits per heavy atom. The van der Waals surface area contributed by atoms with E-state index in [9.17, 15) is 4.79 Å². The van der Waals surface area contributed by atoms with Crippen LogP contribution in [0, 0.1) is 5.92 Å². The van der Waals surface area contributed by atoms with Gasteiger partial charge in [0, 0.05) is 26.2 Å². The minimum atomic E-state index is -0.0293. The highest BCUT2D eigenvalue weighted by molar-refractivity contribution is 5.41. The van der Waals surface area contributed by atoms with Crippen molar-refractivity contribution in [2.24, 2.45) is 5.92 Å². The number of rotatable bonds is 7. The Bertz CT molecular complexity index is 416. The molecule has 0 aliphatic heterocycles. The third-order valence-corrected chi connectivity index (χ3v) is 2.89. The number of hydrogen-bond acceptors (Lipinski definition) is 4. The number of aromatic nitrogens is 2. The van der Waals surface area contributed by atoms with Crippen LogP contribution in [0.4, 0.5) is 5.69 Å². The maximum absolute atomic E-state index is 11.9. The van der Waals surface area contributed by atoms with Gasteiger partial charge in [-0.15, -0.1) is 0 Å². The topological polar surface area (TPSA) is 50.2 Å². The molecule has 0 aromatic carbocycles. The molecule has 18 heavy (non-hydrogen) atoms. The molecule has 0 aliphatic rings. The highest BCUT2D eigenvalue weighted by Gasteiger charge is 2.07. The van der Waals surface area contributed by atoms with Gasteiger partial charge in [0.1, 0.15) is 0 Å². The summed E-state index contributed by atoms with van der Waals surface area (Å²) >= 11 is 0. The summed E-state index contributed by atoms with van der Waals surface area (Å²) in [6.07, 6.45) is 2.82. The van der Waals surface area contributed by atoms with E-state index in [4.69, 9.17) is 0 Å². The molecule has 0 aliphatic carbocycles. The van der Waals surface area contributed by atoms with Crippen molar-refractivity contribution in [3.63, 3.8) is 0 Å². The van der Waals surface area contributed by atoms with Crippen LogP contribution in [0.25, 0.3) is 0 Å². The molecule has 1 heterocycles. The van der Waals surface area contributed by atoms with Crippen molar-refractivity contribution >= 4 is 5.69 Å². The van der Waals surface area contributed by atoms with E-state index >= 15 is 0 Å². The van der Waals surface area contributed by atoms with Gasteiger partial charge in [0.2, 0.25) is 0 Å². The Kier molecular flexibility index (Phi) is 5.85. The molecule has 1 atom stereocenters. The van der Waals surface area contributed by atoms with E-state index in [1.807, 2.05) is 14.1 Å². The first-order chi connectivity index (χ1) is 8.58.